The number of aryl methyl sites for hydroxylation is 1. The molecule has 0 aliphatic rings. The highest BCUT2D eigenvalue weighted by atomic mass is 19.1. The highest BCUT2D eigenvalue weighted by molar-refractivity contribution is 6.15. The predicted octanol–water partition coefficient (Wildman–Crippen LogP) is 3.71. The van der Waals surface area contributed by atoms with Gasteiger partial charge in [0.05, 0.1) is 11.0 Å². The van der Waals surface area contributed by atoms with Crippen molar-refractivity contribution in [3.63, 3.8) is 0 Å². The smallest absolute Gasteiger partial charge is 0.139 e. The fourth-order valence-electron chi connectivity index (χ4n) is 2.47. The lowest BCUT2D eigenvalue weighted by molar-refractivity contribution is 0.630. The molecule has 92 valence electrons. The molecule has 0 radical (unpaired) electrons. The van der Waals surface area contributed by atoms with E-state index >= 15 is 0 Å². The SMILES string of the molecule is Cc1ccc2c(ncc3c4cc(F)ccc4nc23)[nH]1. The number of aromatic nitrogens is 3. The third-order valence-corrected chi connectivity index (χ3v) is 3.38. The van der Waals surface area contributed by atoms with Crippen molar-refractivity contribution in [3.05, 3.63) is 48.0 Å². The summed E-state index contributed by atoms with van der Waals surface area (Å²) < 4.78 is 13.4. The molecular weight excluding hydrogens is 241 g/mol. The average molecular weight is 251 g/mol. The Bertz CT molecular complexity index is 940. The van der Waals surface area contributed by atoms with Crippen molar-refractivity contribution >= 4 is 32.8 Å². The van der Waals surface area contributed by atoms with E-state index in [-0.39, 0.29) is 5.82 Å². The molecule has 0 fully saturated rings. The molecule has 0 amide bonds. The summed E-state index contributed by atoms with van der Waals surface area (Å²) in [6.07, 6.45) is 1.75. The maximum absolute atomic E-state index is 13.4. The fraction of sp³-hybridized carbons (Fsp3) is 0.0667. The second-order valence-electron chi connectivity index (χ2n) is 4.70. The molecule has 0 aliphatic heterocycles. The summed E-state index contributed by atoms with van der Waals surface area (Å²) in [5.74, 6) is -0.252. The molecule has 4 rings (SSSR count). The summed E-state index contributed by atoms with van der Waals surface area (Å²) in [5.41, 5.74) is 3.51. The van der Waals surface area contributed by atoms with Crippen molar-refractivity contribution in [1.29, 1.82) is 0 Å². The van der Waals surface area contributed by atoms with Gasteiger partial charge in [-0.3, -0.25) is 0 Å². The van der Waals surface area contributed by atoms with Crippen LogP contribution < -0.4 is 0 Å². The second kappa shape index (κ2) is 3.51. The summed E-state index contributed by atoms with van der Waals surface area (Å²) in [6.45, 7) is 1.98. The zero-order valence-electron chi connectivity index (χ0n) is 10.2. The van der Waals surface area contributed by atoms with Crippen LogP contribution in [0.2, 0.25) is 0 Å². The monoisotopic (exact) mass is 251 g/mol. The van der Waals surface area contributed by atoms with Gasteiger partial charge in [-0.05, 0) is 37.3 Å². The molecule has 0 unspecified atom stereocenters. The number of rotatable bonds is 0. The first-order valence-corrected chi connectivity index (χ1v) is 6.06. The highest BCUT2D eigenvalue weighted by Crippen LogP contribution is 2.29. The van der Waals surface area contributed by atoms with Gasteiger partial charge in [-0.25, -0.2) is 14.4 Å². The molecule has 1 aromatic carbocycles. The van der Waals surface area contributed by atoms with Gasteiger partial charge in [0, 0.05) is 28.0 Å². The molecule has 1 N–H and O–H groups in total. The minimum atomic E-state index is -0.252. The number of H-pyrrole nitrogens is 1. The van der Waals surface area contributed by atoms with E-state index in [2.05, 4.69) is 15.0 Å². The standard InChI is InChI=1S/C15H10FN3/c1-8-2-4-10-14-12(7-17-15(10)18-8)11-6-9(16)3-5-13(11)19-14/h2-7H,1H3,(H,17,18). The number of pyridine rings is 2. The lowest BCUT2D eigenvalue weighted by Gasteiger charge is -2.00. The van der Waals surface area contributed by atoms with Gasteiger partial charge in [0.1, 0.15) is 11.5 Å². The second-order valence-corrected chi connectivity index (χ2v) is 4.70. The Labute approximate surface area is 108 Å². The van der Waals surface area contributed by atoms with Crippen molar-refractivity contribution in [2.24, 2.45) is 0 Å². The van der Waals surface area contributed by atoms with Crippen molar-refractivity contribution in [1.82, 2.24) is 15.0 Å². The van der Waals surface area contributed by atoms with E-state index in [1.165, 1.54) is 12.1 Å². The summed E-state index contributed by atoms with van der Waals surface area (Å²) in [7, 11) is 0. The number of hydrogen-bond donors (Lipinski definition) is 1. The number of nitrogens with one attached hydrogen (secondary N) is 1. The average Bonchev–Trinajstić information content (AvgIpc) is 2.76. The number of nitrogens with zero attached hydrogens (tertiary/aromatic N) is 2. The zero-order chi connectivity index (χ0) is 13.0. The lowest BCUT2D eigenvalue weighted by atomic mass is 10.1. The Kier molecular flexibility index (Phi) is 1.93. The van der Waals surface area contributed by atoms with Gasteiger partial charge in [0.15, 0.2) is 0 Å². The first kappa shape index (κ1) is 10.4. The first-order valence-electron chi connectivity index (χ1n) is 6.06. The van der Waals surface area contributed by atoms with Crippen LogP contribution in [0.3, 0.4) is 0 Å². The van der Waals surface area contributed by atoms with Crippen LogP contribution in [0.1, 0.15) is 5.69 Å². The van der Waals surface area contributed by atoms with Gasteiger partial charge >= 0.3 is 0 Å². The van der Waals surface area contributed by atoms with E-state index in [4.69, 9.17) is 0 Å². The topological polar surface area (TPSA) is 41.6 Å². The largest absolute Gasteiger partial charge is 0.344 e. The van der Waals surface area contributed by atoms with Crippen LogP contribution in [0, 0.1) is 12.7 Å². The Hall–Kier alpha value is -2.49. The van der Waals surface area contributed by atoms with Crippen molar-refractivity contribution in [3.8, 4) is 0 Å². The third-order valence-electron chi connectivity index (χ3n) is 3.38. The molecule has 19 heavy (non-hydrogen) atoms. The zero-order valence-corrected chi connectivity index (χ0v) is 10.2. The number of halogens is 1. The number of hydrogen-bond acceptors (Lipinski definition) is 2. The van der Waals surface area contributed by atoms with Crippen molar-refractivity contribution < 1.29 is 4.39 Å². The van der Waals surface area contributed by atoms with Crippen LogP contribution >= 0.6 is 0 Å². The van der Waals surface area contributed by atoms with Gasteiger partial charge in [0.25, 0.3) is 0 Å². The molecule has 3 heterocycles. The molecule has 0 bridgehead atoms. The minimum absolute atomic E-state index is 0.252. The molecule has 0 atom stereocenters. The molecule has 0 saturated carbocycles. The predicted molar refractivity (Wildman–Crippen MR) is 73.6 cm³/mol. The maximum Gasteiger partial charge on any atom is 0.139 e. The van der Waals surface area contributed by atoms with Gasteiger partial charge < -0.3 is 4.98 Å². The van der Waals surface area contributed by atoms with E-state index in [9.17, 15) is 4.39 Å². The van der Waals surface area contributed by atoms with Gasteiger partial charge in [0.2, 0.25) is 0 Å². The molecule has 4 aromatic rings. The highest BCUT2D eigenvalue weighted by Gasteiger charge is 2.10. The minimum Gasteiger partial charge on any atom is -0.344 e. The van der Waals surface area contributed by atoms with Crippen molar-refractivity contribution in [2.75, 3.05) is 0 Å². The molecule has 3 aromatic heterocycles. The number of fused-ring (bicyclic) bond motifs is 5. The fourth-order valence-corrected chi connectivity index (χ4v) is 2.47. The van der Waals surface area contributed by atoms with E-state index < -0.39 is 0 Å². The molecule has 4 heteroatoms. The van der Waals surface area contributed by atoms with Crippen molar-refractivity contribution in [2.45, 2.75) is 6.92 Å². The molecule has 3 nitrogen and oxygen atoms in total. The van der Waals surface area contributed by atoms with Gasteiger partial charge in [-0.1, -0.05) is 0 Å². The van der Waals surface area contributed by atoms with Crippen LogP contribution in [-0.4, -0.2) is 15.0 Å². The summed E-state index contributed by atoms with van der Waals surface area (Å²) in [5, 5.41) is 2.66. The third kappa shape index (κ3) is 1.43. The van der Waals surface area contributed by atoms with Gasteiger partial charge in [-0.2, -0.15) is 0 Å². The number of benzene rings is 1. The van der Waals surface area contributed by atoms with E-state index in [1.54, 1.807) is 12.3 Å². The van der Waals surface area contributed by atoms with E-state index in [0.717, 1.165) is 38.5 Å². The van der Waals surface area contributed by atoms with Crippen LogP contribution in [0.5, 0.6) is 0 Å². The Morgan fingerprint density at radius 2 is 1.95 bits per heavy atom. The lowest BCUT2D eigenvalue weighted by Crippen LogP contribution is -1.87. The number of aromatic amines is 1. The summed E-state index contributed by atoms with van der Waals surface area (Å²) in [6, 6.07) is 8.63. The summed E-state index contributed by atoms with van der Waals surface area (Å²) >= 11 is 0. The van der Waals surface area contributed by atoms with Crippen LogP contribution in [-0.2, 0) is 0 Å². The van der Waals surface area contributed by atoms with E-state index in [0.29, 0.717) is 0 Å². The van der Waals surface area contributed by atoms with Crippen LogP contribution in [0.15, 0.2) is 36.5 Å². The quantitative estimate of drug-likeness (QED) is 0.517. The first-order chi connectivity index (χ1) is 9.22. The van der Waals surface area contributed by atoms with E-state index in [1.807, 2.05) is 19.1 Å². The molecular formula is C15H10FN3. The van der Waals surface area contributed by atoms with Crippen LogP contribution in [0.25, 0.3) is 32.8 Å². The Morgan fingerprint density at radius 1 is 1.05 bits per heavy atom. The Morgan fingerprint density at radius 3 is 2.84 bits per heavy atom. The normalized spacial score (nSPS) is 11.7. The summed E-state index contributed by atoms with van der Waals surface area (Å²) in [4.78, 5) is 12.2. The molecule has 0 aliphatic carbocycles. The maximum atomic E-state index is 13.4. The molecule has 0 saturated heterocycles. The molecule has 0 spiro atoms. The van der Waals surface area contributed by atoms with Crippen LogP contribution in [0.4, 0.5) is 4.39 Å². The Balaban J connectivity index is 2.25. The van der Waals surface area contributed by atoms with Gasteiger partial charge in [-0.15, -0.1) is 0 Å².